The lowest BCUT2D eigenvalue weighted by molar-refractivity contribution is -0.132. The van der Waals surface area contributed by atoms with E-state index in [0.717, 1.165) is 19.3 Å². The predicted octanol–water partition coefficient (Wildman–Crippen LogP) is 2.19. The highest BCUT2D eigenvalue weighted by atomic mass is 35.5. The van der Waals surface area contributed by atoms with E-state index in [0.29, 0.717) is 18.6 Å². The molecular weight excluding hydrogens is 406 g/mol. The zero-order valence-electron chi connectivity index (χ0n) is 18.4. The van der Waals surface area contributed by atoms with E-state index in [1.807, 2.05) is 6.92 Å². The molecule has 1 saturated carbocycles. The van der Waals surface area contributed by atoms with Gasteiger partial charge in [-0.15, -0.1) is 11.6 Å². The number of piperidine rings is 1. The second kappa shape index (κ2) is 10.2. The molecular formula is C22H39ClN3O2S+. The highest BCUT2D eigenvalue weighted by Gasteiger charge is 2.42. The van der Waals surface area contributed by atoms with Gasteiger partial charge in [0.2, 0.25) is 11.8 Å². The second-order valence-electron chi connectivity index (χ2n) is 9.64. The number of halogens is 1. The summed E-state index contributed by atoms with van der Waals surface area (Å²) in [5, 5.41) is 6.16. The summed E-state index contributed by atoms with van der Waals surface area (Å²) in [4.78, 5) is 28.0. The van der Waals surface area contributed by atoms with Gasteiger partial charge in [0.25, 0.3) is 0 Å². The van der Waals surface area contributed by atoms with Gasteiger partial charge in [0, 0.05) is 48.8 Å². The van der Waals surface area contributed by atoms with Crippen molar-refractivity contribution < 1.29 is 9.59 Å². The molecule has 2 aliphatic heterocycles. The molecule has 29 heavy (non-hydrogen) atoms. The van der Waals surface area contributed by atoms with Crippen LogP contribution in [0.1, 0.15) is 52.9 Å². The number of carbonyl (C=O) groups excluding carboxylic acids is 2. The van der Waals surface area contributed by atoms with Crippen LogP contribution in [0.3, 0.4) is 0 Å². The average molecular weight is 445 g/mol. The fraction of sp³-hybridized carbons (Fsp3) is 0.909. The lowest BCUT2D eigenvalue weighted by atomic mass is 9.75. The number of alkyl halides is 1. The number of nitrogens with zero attached hydrogens (tertiary/aromatic N) is 1. The molecule has 7 unspecified atom stereocenters. The summed E-state index contributed by atoms with van der Waals surface area (Å²) >= 11 is 8.22. The van der Waals surface area contributed by atoms with Gasteiger partial charge < -0.3 is 10.6 Å². The molecule has 5 nitrogen and oxygen atoms in total. The number of thiol groups is 1. The average Bonchev–Trinajstić information content (AvgIpc) is 2.68. The van der Waals surface area contributed by atoms with Crippen LogP contribution in [-0.4, -0.2) is 65.3 Å². The van der Waals surface area contributed by atoms with Gasteiger partial charge in [-0.3, -0.25) is 14.5 Å². The highest BCUT2D eigenvalue weighted by Crippen LogP contribution is 2.37. The summed E-state index contributed by atoms with van der Waals surface area (Å²) < 4.78 is 0. The molecule has 0 radical (unpaired) electrons. The maximum Gasteiger partial charge on any atom is 0.225 e. The first-order valence-corrected chi connectivity index (χ1v) is 13.0. The number of hydrogen-bond donors (Lipinski definition) is 2. The summed E-state index contributed by atoms with van der Waals surface area (Å²) in [5.74, 6) is 3.04. The standard InChI is InChI=1S/C22H38ClN3O2S/c1-13-9-14(2)25-22(28)19(13)12-24-21(27)18-10-16(23)11-20(15(18)3)26(4)17-5-7-29-8-6-17/h13-20H,5-12H2,1-4H3,(H,24,27)(H,25,28)/p+1. The third-order valence-corrected chi connectivity index (χ3v) is 9.06. The van der Waals surface area contributed by atoms with E-state index >= 15 is 0 Å². The second-order valence-corrected chi connectivity index (χ2v) is 11.6. The molecule has 7 atom stereocenters. The lowest BCUT2D eigenvalue weighted by Crippen LogP contribution is -2.54. The molecule has 3 rings (SSSR count). The summed E-state index contributed by atoms with van der Waals surface area (Å²) in [5.41, 5.74) is 0. The molecule has 0 spiro atoms. The van der Waals surface area contributed by atoms with Gasteiger partial charge in [-0.05, 0) is 56.8 Å². The van der Waals surface area contributed by atoms with E-state index < -0.39 is 0 Å². The minimum Gasteiger partial charge on any atom is -0.355 e. The van der Waals surface area contributed by atoms with Crippen molar-refractivity contribution >= 4 is 35.2 Å². The number of carbonyl (C=O) groups is 2. The van der Waals surface area contributed by atoms with Crippen molar-refractivity contribution in [2.75, 3.05) is 25.1 Å². The molecule has 0 bridgehead atoms. The van der Waals surface area contributed by atoms with Crippen LogP contribution in [0.4, 0.5) is 0 Å². The van der Waals surface area contributed by atoms with Gasteiger partial charge in [-0.2, -0.15) is 0 Å². The van der Waals surface area contributed by atoms with Crippen LogP contribution < -0.4 is 10.6 Å². The topological polar surface area (TPSA) is 61.4 Å². The minimum absolute atomic E-state index is 0.0360. The zero-order chi connectivity index (χ0) is 21.1. The molecule has 2 amide bonds. The van der Waals surface area contributed by atoms with Crippen LogP contribution >= 0.6 is 11.6 Å². The van der Waals surface area contributed by atoms with E-state index in [4.69, 9.17) is 11.6 Å². The van der Waals surface area contributed by atoms with Crippen LogP contribution in [0.2, 0.25) is 0 Å². The quantitative estimate of drug-likeness (QED) is 0.388. The maximum atomic E-state index is 13.1. The van der Waals surface area contributed by atoms with Crippen molar-refractivity contribution in [3.8, 4) is 0 Å². The first-order chi connectivity index (χ1) is 13.8. The van der Waals surface area contributed by atoms with Crippen LogP contribution in [0.15, 0.2) is 0 Å². The van der Waals surface area contributed by atoms with Crippen molar-refractivity contribution in [3.05, 3.63) is 0 Å². The van der Waals surface area contributed by atoms with E-state index in [-0.39, 0.29) is 46.9 Å². The summed E-state index contributed by atoms with van der Waals surface area (Å²) in [6, 6.07) is 1.18. The number of amides is 2. The number of nitrogens with one attached hydrogen (secondary N) is 2. The third-order valence-electron chi connectivity index (χ3n) is 7.56. The molecule has 0 aromatic carbocycles. The van der Waals surface area contributed by atoms with Crippen molar-refractivity contribution in [1.29, 1.82) is 0 Å². The van der Waals surface area contributed by atoms with Crippen LogP contribution in [0.25, 0.3) is 0 Å². The summed E-state index contributed by atoms with van der Waals surface area (Å²) in [6.07, 6.45) is 5.14. The largest absolute Gasteiger partial charge is 0.355 e. The van der Waals surface area contributed by atoms with E-state index in [1.165, 1.54) is 24.3 Å². The van der Waals surface area contributed by atoms with Gasteiger partial charge in [-0.25, -0.2) is 0 Å². The molecule has 0 aromatic rings. The van der Waals surface area contributed by atoms with E-state index in [1.54, 1.807) is 11.8 Å². The Hall–Kier alpha value is -0.460. The predicted molar refractivity (Wildman–Crippen MR) is 122 cm³/mol. The lowest BCUT2D eigenvalue weighted by Gasteiger charge is -2.45. The Morgan fingerprint density at radius 2 is 1.90 bits per heavy atom. The first-order valence-electron chi connectivity index (χ1n) is 11.3. The zero-order valence-corrected chi connectivity index (χ0v) is 20.0. The number of hydrogen-bond acceptors (Lipinski definition) is 3. The van der Waals surface area contributed by atoms with Gasteiger partial charge in [0.15, 0.2) is 0 Å². The van der Waals surface area contributed by atoms with Gasteiger partial charge in [0.1, 0.15) is 11.5 Å². The smallest absolute Gasteiger partial charge is 0.225 e. The van der Waals surface area contributed by atoms with Gasteiger partial charge >= 0.3 is 0 Å². The Labute approximate surface area is 185 Å². The maximum absolute atomic E-state index is 13.1. The van der Waals surface area contributed by atoms with Crippen molar-refractivity contribution in [2.24, 2.45) is 23.7 Å². The molecule has 2 heterocycles. The third kappa shape index (κ3) is 5.62. The molecule has 3 aliphatic rings. The minimum atomic E-state index is -0.138. The van der Waals surface area contributed by atoms with Gasteiger partial charge in [0.05, 0.1) is 5.92 Å². The fourth-order valence-corrected chi connectivity index (χ4v) is 7.21. The SMILES string of the molecule is CC1CC(C)C(CNC(=O)C2CC(Cl)CC(N(C)C3CC[SH+]CC3)C2C)C(=O)N1. The van der Waals surface area contributed by atoms with Crippen molar-refractivity contribution in [2.45, 2.75) is 76.4 Å². The van der Waals surface area contributed by atoms with Crippen molar-refractivity contribution in [3.63, 3.8) is 0 Å². The normalized spacial score (nSPS) is 39.2. The van der Waals surface area contributed by atoms with Crippen molar-refractivity contribution in [1.82, 2.24) is 15.5 Å². The van der Waals surface area contributed by atoms with Gasteiger partial charge in [-0.1, -0.05) is 13.8 Å². The van der Waals surface area contributed by atoms with E-state index in [2.05, 4.69) is 36.4 Å². The summed E-state index contributed by atoms with van der Waals surface area (Å²) in [7, 11) is 2.23. The Kier molecular flexibility index (Phi) is 8.19. The van der Waals surface area contributed by atoms with Crippen LogP contribution in [-0.2, 0) is 21.4 Å². The molecule has 0 aromatic heterocycles. The highest BCUT2D eigenvalue weighted by molar-refractivity contribution is 7.78. The first kappa shape index (κ1) is 23.2. The number of rotatable bonds is 5. The molecule has 3 fully saturated rings. The van der Waals surface area contributed by atoms with E-state index in [9.17, 15) is 9.59 Å². The molecule has 1 aliphatic carbocycles. The molecule has 166 valence electrons. The Bertz CT molecular complexity index is 586. The summed E-state index contributed by atoms with van der Waals surface area (Å²) in [6.45, 7) is 6.79. The Morgan fingerprint density at radius 3 is 2.55 bits per heavy atom. The Morgan fingerprint density at radius 1 is 1.21 bits per heavy atom. The van der Waals surface area contributed by atoms with Crippen LogP contribution in [0, 0.1) is 23.7 Å². The Balaban J connectivity index is 1.59. The monoisotopic (exact) mass is 444 g/mol. The molecule has 7 heteroatoms. The fourth-order valence-electron chi connectivity index (χ4n) is 5.65. The molecule has 2 N–H and O–H groups in total. The molecule has 2 saturated heterocycles. The van der Waals surface area contributed by atoms with Crippen LogP contribution in [0.5, 0.6) is 0 Å².